The van der Waals surface area contributed by atoms with Crippen LogP contribution in [0.2, 0.25) is 5.28 Å². The molecule has 0 bridgehead atoms. The molecule has 2 unspecified atom stereocenters. The Hall–Kier alpha value is -0.870. The summed E-state index contributed by atoms with van der Waals surface area (Å²) in [7, 11) is 0. The van der Waals surface area contributed by atoms with Gasteiger partial charge in [-0.05, 0) is 30.5 Å². The molecular weight excluding hydrogens is 226 g/mol. The second kappa shape index (κ2) is 5.46. The fourth-order valence-corrected chi connectivity index (χ4v) is 2.19. The highest BCUT2D eigenvalue weighted by atomic mass is 35.5. The molecule has 1 N–H and O–H groups in total. The lowest BCUT2D eigenvalue weighted by molar-refractivity contribution is 0.0900. The van der Waals surface area contributed by atoms with Gasteiger partial charge in [-0.25, -0.2) is 9.97 Å². The summed E-state index contributed by atoms with van der Waals surface area (Å²) in [5.41, 5.74) is 0. The van der Waals surface area contributed by atoms with Crippen LogP contribution < -0.4 is 5.32 Å². The van der Waals surface area contributed by atoms with E-state index in [0.717, 1.165) is 31.8 Å². The zero-order chi connectivity index (χ0) is 11.4. The first-order chi connectivity index (χ1) is 7.79. The summed E-state index contributed by atoms with van der Waals surface area (Å²) in [5.74, 6) is 1.35. The number of aromatic nitrogens is 2. The summed E-state index contributed by atoms with van der Waals surface area (Å²) >= 11 is 5.71. The molecule has 0 amide bonds. The third kappa shape index (κ3) is 2.83. The quantitative estimate of drug-likeness (QED) is 0.823. The van der Waals surface area contributed by atoms with Gasteiger partial charge in [-0.3, -0.25) is 0 Å². The maximum Gasteiger partial charge on any atom is 0.224 e. The van der Waals surface area contributed by atoms with Gasteiger partial charge in [-0.15, -0.1) is 0 Å². The van der Waals surface area contributed by atoms with E-state index in [9.17, 15) is 0 Å². The van der Waals surface area contributed by atoms with Crippen molar-refractivity contribution in [2.75, 3.05) is 18.5 Å². The van der Waals surface area contributed by atoms with Gasteiger partial charge in [0.1, 0.15) is 5.82 Å². The summed E-state index contributed by atoms with van der Waals surface area (Å²) in [6, 6.07) is 1.82. The van der Waals surface area contributed by atoms with Crippen molar-refractivity contribution in [3.63, 3.8) is 0 Å². The van der Waals surface area contributed by atoms with Crippen LogP contribution in [0.25, 0.3) is 0 Å². The Labute approximate surface area is 100 Å². The average Bonchev–Trinajstić information content (AvgIpc) is 2.74. The Kier molecular flexibility index (Phi) is 3.96. The molecule has 0 spiro atoms. The zero-order valence-electron chi connectivity index (χ0n) is 9.32. The normalized spacial score (nSPS) is 24.6. The Morgan fingerprint density at radius 3 is 3.25 bits per heavy atom. The number of nitrogens with one attached hydrogen (secondary N) is 1. The standard InChI is InChI=1S/C11H16ClN3O/c1-2-9-8(4-6-16-9)7-14-10-3-5-13-11(12)15-10/h3,5,8-9H,2,4,6-7H2,1H3,(H,13,14,15). The van der Waals surface area contributed by atoms with Crippen LogP contribution in [0.5, 0.6) is 0 Å². The lowest BCUT2D eigenvalue weighted by Gasteiger charge is -2.17. The van der Waals surface area contributed by atoms with Crippen molar-refractivity contribution in [3.8, 4) is 0 Å². The van der Waals surface area contributed by atoms with Crippen LogP contribution >= 0.6 is 11.6 Å². The van der Waals surface area contributed by atoms with Crippen molar-refractivity contribution in [2.45, 2.75) is 25.9 Å². The number of anilines is 1. The molecule has 0 saturated carbocycles. The molecule has 1 aromatic heterocycles. The van der Waals surface area contributed by atoms with Crippen molar-refractivity contribution < 1.29 is 4.74 Å². The summed E-state index contributed by atoms with van der Waals surface area (Å²) in [5, 5.41) is 3.55. The predicted octanol–water partition coefficient (Wildman–Crippen LogP) is 2.36. The number of hydrogen-bond donors (Lipinski definition) is 1. The van der Waals surface area contributed by atoms with E-state index in [4.69, 9.17) is 16.3 Å². The van der Waals surface area contributed by atoms with Crippen LogP contribution in [-0.4, -0.2) is 29.2 Å². The molecule has 1 fully saturated rings. The molecule has 1 saturated heterocycles. The van der Waals surface area contributed by atoms with Crippen LogP contribution in [-0.2, 0) is 4.74 Å². The highest BCUT2D eigenvalue weighted by Gasteiger charge is 2.26. The van der Waals surface area contributed by atoms with Crippen molar-refractivity contribution in [1.82, 2.24) is 9.97 Å². The molecular formula is C11H16ClN3O. The SMILES string of the molecule is CCC1OCCC1CNc1ccnc(Cl)n1. The second-order valence-electron chi connectivity index (χ2n) is 3.96. The molecule has 0 aliphatic carbocycles. The largest absolute Gasteiger partial charge is 0.378 e. The number of ether oxygens (including phenoxy) is 1. The van der Waals surface area contributed by atoms with Gasteiger partial charge in [0.2, 0.25) is 5.28 Å². The summed E-state index contributed by atoms with van der Waals surface area (Å²) in [4.78, 5) is 7.93. The summed E-state index contributed by atoms with van der Waals surface area (Å²) in [6.07, 6.45) is 4.21. The summed E-state index contributed by atoms with van der Waals surface area (Å²) in [6.45, 7) is 3.91. The third-order valence-electron chi connectivity index (χ3n) is 2.92. The number of halogens is 1. The topological polar surface area (TPSA) is 47.0 Å². The van der Waals surface area contributed by atoms with E-state index >= 15 is 0 Å². The van der Waals surface area contributed by atoms with Gasteiger partial charge in [0.25, 0.3) is 0 Å². The maximum absolute atomic E-state index is 5.71. The van der Waals surface area contributed by atoms with Crippen molar-refractivity contribution in [1.29, 1.82) is 0 Å². The predicted molar refractivity (Wildman–Crippen MR) is 63.7 cm³/mol. The van der Waals surface area contributed by atoms with E-state index in [1.54, 1.807) is 6.20 Å². The van der Waals surface area contributed by atoms with E-state index in [-0.39, 0.29) is 5.28 Å². The van der Waals surface area contributed by atoms with Gasteiger partial charge in [0.15, 0.2) is 0 Å². The van der Waals surface area contributed by atoms with Gasteiger partial charge >= 0.3 is 0 Å². The molecule has 1 aromatic rings. The molecule has 5 heteroatoms. The van der Waals surface area contributed by atoms with Crippen molar-refractivity contribution in [3.05, 3.63) is 17.5 Å². The van der Waals surface area contributed by atoms with Gasteiger partial charge in [0, 0.05) is 25.3 Å². The van der Waals surface area contributed by atoms with Crippen LogP contribution in [0.3, 0.4) is 0 Å². The van der Waals surface area contributed by atoms with E-state index in [2.05, 4.69) is 22.2 Å². The van der Waals surface area contributed by atoms with Gasteiger partial charge < -0.3 is 10.1 Å². The fraction of sp³-hybridized carbons (Fsp3) is 0.636. The Balaban J connectivity index is 1.87. The van der Waals surface area contributed by atoms with Crippen molar-refractivity contribution in [2.24, 2.45) is 5.92 Å². The molecule has 1 aliphatic rings. The monoisotopic (exact) mass is 241 g/mol. The smallest absolute Gasteiger partial charge is 0.224 e. The molecule has 0 aromatic carbocycles. The third-order valence-corrected chi connectivity index (χ3v) is 3.10. The lowest BCUT2D eigenvalue weighted by atomic mass is 10.00. The molecule has 4 nitrogen and oxygen atoms in total. The minimum absolute atomic E-state index is 0.278. The van der Waals surface area contributed by atoms with Crippen molar-refractivity contribution >= 4 is 17.4 Å². The summed E-state index contributed by atoms with van der Waals surface area (Å²) < 4.78 is 5.63. The van der Waals surface area contributed by atoms with E-state index < -0.39 is 0 Å². The van der Waals surface area contributed by atoms with E-state index in [1.165, 1.54) is 0 Å². The Bertz CT molecular complexity index is 348. The zero-order valence-corrected chi connectivity index (χ0v) is 10.1. The first kappa shape index (κ1) is 11.6. The molecule has 0 radical (unpaired) electrons. The minimum Gasteiger partial charge on any atom is -0.378 e. The van der Waals surface area contributed by atoms with Crippen LogP contribution in [0.15, 0.2) is 12.3 Å². The second-order valence-corrected chi connectivity index (χ2v) is 4.30. The first-order valence-electron chi connectivity index (χ1n) is 5.63. The number of nitrogens with zero attached hydrogens (tertiary/aromatic N) is 2. The van der Waals surface area contributed by atoms with E-state index in [1.807, 2.05) is 6.07 Å². The Morgan fingerprint density at radius 2 is 2.50 bits per heavy atom. The lowest BCUT2D eigenvalue weighted by Crippen LogP contribution is -2.23. The molecule has 2 atom stereocenters. The Morgan fingerprint density at radius 1 is 1.62 bits per heavy atom. The molecule has 16 heavy (non-hydrogen) atoms. The number of rotatable bonds is 4. The average molecular weight is 242 g/mol. The first-order valence-corrected chi connectivity index (χ1v) is 6.01. The maximum atomic E-state index is 5.71. The van der Waals surface area contributed by atoms with Crippen LogP contribution in [0.4, 0.5) is 5.82 Å². The molecule has 1 aliphatic heterocycles. The van der Waals surface area contributed by atoms with Gasteiger partial charge in [-0.1, -0.05) is 6.92 Å². The highest BCUT2D eigenvalue weighted by Crippen LogP contribution is 2.23. The van der Waals surface area contributed by atoms with Crippen LogP contribution in [0.1, 0.15) is 19.8 Å². The fourth-order valence-electron chi connectivity index (χ4n) is 2.05. The minimum atomic E-state index is 0.278. The van der Waals surface area contributed by atoms with Gasteiger partial charge in [0.05, 0.1) is 6.10 Å². The molecule has 88 valence electrons. The van der Waals surface area contributed by atoms with Crippen LogP contribution in [0, 0.1) is 5.92 Å². The molecule has 2 heterocycles. The highest BCUT2D eigenvalue weighted by molar-refractivity contribution is 6.28. The van der Waals surface area contributed by atoms with Gasteiger partial charge in [-0.2, -0.15) is 0 Å². The molecule has 2 rings (SSSR count). The van der Waals surface area contributed by atoms with E-state index in [0.29, 0.717) is 12.0 Å². The number of hydrogen-bond acceptors (Lipinski definition) is 4.